The van der Waals surface area contributed by atoms with Gasteiger partial charge in [-0.15, -0.1) is 0 Å². The summed E-state index contributed by atoms with van der Waals surface area (Å²) in [6.45, 7) is 0. The predicted molar refractivity (Wildman–Crippen MR) is 134 cm³/mol. The molecule has 0 saturated heterocycles. The van der Waals surface area contributed by atoms with E-state index in [4.69, 9.17) is 0 Å². The third kappa shape index (κ3) is 3.10. The lowest BCUT2D eigenvalue weighted by Crippen LogP contribution is -2.24. The average molecular weight is 479 g/mol. The molecule has 5 heteroatoms. The van der Waals surface area contributed by atoms with Crippen molar-refractivity contribution in [1.82, 2.24) is 9.55 Å². The van der Waals surface area contributed by atoms with Crippen LogP contribution in [0.25, 0.3) is 5.69 Å². The van der Waals surface area contributed by atoms with Crippen LogP contribution in [0.3, 0.4) is 0 Å². The molecule has 32 heavy (non-hydrogen) atoms. The topological polar surface area (TPSA) is 24.3 Å². The Labute approximate surface area is 195 Å². The largest absolute Gasteiger partial charge is 0.306 e. The van der Waals surface area contributed by atoms with Crippen molar-refractivity contribution in [3.05, 3.63) is 120 Å². The molecule has 0 saturated carbocycles. The minimum atomic E-state index is 1.04. The Morgan fingerprint density at radius 1 is 0.562 bits per heavy atom. The second kappa shape index (κ2) is 7.70. The van der Waals surface area contributed by atoms with Gasteiger partial charge < -0.3 is 14.4 Å². The van der Waals surface area contributed by atoms with E-state index >= 15 is 0 Å². The van der Waals surface area contributed by atoms with Gasteiger partial charge in [-0.25, -0.2) is 4.98 Å². The van der Waals surface area contributed by atoms with Gasteiger partial charge in [0.15, 0.2) is 0 Å². The van der Waals surface area contributed by atoms with Crippen LogP contribution in [0, 0.1) is 0 Å². The van der Waals surface area contributed by atoms with Crippen LogP contribution in [-0.4, -0.2) is 9.55 Å². The molecule has 1 aromatic heterocycles. The number of hydrogen-bond donors (Lipinski definition) is 0. The summed E-state index contributed by atoms with van der Waals surface area (Å²) in [6.07, 6.45) is 5.59. The lowest BCUT2D eigenvalue weighted by molar-refractivity contribution is 1.05. The highest BCUT2D eigenvalue weighted by Crippen LogP contribution is 2.54. The van der Waals surface area contributed by atoms with Gasteiger partial charge >= 0.3 is 0 Å². The van der Waals surface area contributed by atoms with Gasteiger partial charge in [-0.1, -0.05) is 52.3 Å². The Kier molecular flexibility index (Phi) is 4.55. The van der Waals surface area contributed by atoms with Crippen molar-refractivity contribution in [2.75, 3.05) is 9.80 Å². The molecular weight excluding hydrogens is 460 g/mol. The van der Waals surface area contributed by atoms with Gasteiger partial charge in [0, 0.05) is 33.9 Å². The normalized spacial score (nSPS) is 12.4. The SMILES string of the molecule is Brc1ccc2c(c1)N(c1cccc(-n3ccnc3)c1)c1ccccc1N2c1ccccc1. The second-order valence-corrected chi connectivity index (χ2v) is 8.53. The monoisotopic (exact) mass is 478 g/mol. The predicted octanol–water partition coefficient (Wildman–Crippen LogP) is 7.89. The molecule has 154 valence electrons. The lowest BCUT2D eigenvalue weighted by atomic mass is 10.0. The first kappa shape index (κ1) is 18.9. The van der Waals surface area contributed by atoms with Crippen molar-refractivity contribution >= 4 is 50.1 Å². The molecule has 0 aliphatic carbocycles. The zero-order valence-corrected chi connectivity index (χ0v) is 18.7. The van der Waals surface area contributed by atoms with Crippen molar-refractivity contribution in [2.24, 2.45) is 0 Å². The highest BCUT2D eigenvalue weighted by molar-refractivity contribution is 9.10. The summed E-state index contributed by atoms with van der Waals surface area (Å²) >= 11 is 3.70. The van der Waals surface area contributed by atoms with E-state index in [0.717, 1.165) is 44.3 Å². The first-order chi connectivity index (χ1) is 15.8. The average Bonchev–Trinajstić information content (AvgIpc) is 3.38. The Morgan fingerprint density at radius 2 is 1.22 bits per heavy atom. The van der Waals surface area contributed by atoms with E-state index < -0.39 is 0 Å². The molecule has 0 fully saturated rings. The van der Waals surface area contributed by atoms with Gasteiger partial charge in [-0.05, 0) is 60.7 Å². The first-order valence-electron chi connectivity index (χ1n) is 10.4. The summed E-state index contributed by atoms with van der Waals surface area (Å²) in [5, 5.41) is 0. The van der Waals surface area contributed by atoms with Crippen LogP contribution < -0.4 is 9.80 Å². The van der Waals surface area contributed by atoms with Crippen LogP contribution in [-0.2, 0) is 0 Å². The van der Waals surface area contributed by atoms with Crippen molar-refractivity contribution in [3.8, 4) is 5.69 Å². The first-order valence-corrected chi connectivity index (χ1v) is 11.2. The van der Waals surface area contributed by atoms with Gasteiger partial charge in [0.25, 0.3) is 0 Å². The molecule has 0 amide bonds. The van der Waals surface area contributed by atoms with Crippen LogP contribution in [0.15, 0.2) is 120 Å². The van der Waals surface area contributed by atoms with E-state index in [1.54, 1.807) is 6.20 Å². The number of rotatable bonds is 3. The van der Waals surface area contributed by atoms with Gasteiger partial charge in [-0.3, -0.25) is 0 Å². The zero-order chi connectivity index (χ0) is 21.5. The van der Waals surface area contributed by atoms with E-state index in [1.807, 2.05) is 17.1 Å². The third-order valence-corrected chi connectivity index (χ3v) is 6.18. The summed E-state index contributed by atoms with van der Waals surface area (Å²) in [5.41, 5.74) is 7.81. The quantitative estimate of drug-likeness (QED) is 0.258. The van der Waals surface area contributed by atoms with E-state index in [2.05, 4.69) is 128 Å². The standard InChI is InChI=1S/C27H19BrN4/c28-20-13-14-26-27(17-20)32(23-10-6-9-22(18-23)30-16-15-29-19-30)25-12-5-4-11-24(25)31(26)21-7-2-1-3-8-21/h1-19H. The maximum absolute atomic E-state index is 4.20. The van der Waals surface area contributed by atoms with Crippen LogP contribution in [0.5, 0.6) is 0 Å². The van der Waals surface area contributed by atoms with E-state index in [0.29, 0.717) is 0 Å². The maximum Gasteiger partial charge on any atom is 0.0991 e. The van der Waals surface area contributed by atoms with Gasteiger partial charge in [-0.2, -0.15) is 0 Å². The van der Waals surface area contributed by atoms with Crippen molar-refractivity contribution in [3.63, 3.8) is 0 Å². The number of halogens is 1. The molecule has 4 aromatic carbocycles. The molecule has 0 N–H and O–H groups in total. The fraction of sp³-hybridized carbons (Fsp3) is 0. The number of aromatic nitrogens is 2. The summed E-state index contributed by atoms with van der Waals surface area (Å²) in [7, 11) is 0. The molecule has 4 nitrogen and oxygen atoms in total. The number of nitrogens with zero attached hydrogens (tertiary/aromatic N) is 4. The molecule has 2 heterocycles. The number of anilines is 6. The minimum absolute atomic E-state index is 1.04. The summed E-state index contributed by atoms with van der Waals surface area (Å²) in [6, 6.07) is 34.1. The molecule has 1 aliphatic rings. The van der Waals surface area contributed by atoms with Crippen LogP contribution in [0.4, 0.5) is 34.1 Å². The smallest absolute Gasteiger partial charge is 0.0991 e. The number of para-hydroxylation sites is 3. The highest BCUT2D eigenvalue weighted by Gasteiger charge is 2.30. The third-order valence-electron chi connectivity index (χ3n) is 5.69. The lowest BCUT2D eigenvalue weighted by Gasteiger charge is -2.40. The van der Waals surface area contributed by atoms with E-state index in [9.17, 15) is 0 Å². The summed E-state index contributed by atoms with van der Waals surface area (Å²) in [5.74, 6) is 0. The van der Waals surface area contributed by atoms with Crippen LogP contribution in [0.2, 0.25) is 0 Å². The fourth-order valence-electron chi connectivity index (χ4n) is 4.30. The highest BCUT2D eigenvalue weighted by atomic mass is 79.9. The molecule has 1 aliphatic heterocycles. The Balaban J connectivity index is 1.60. The Hall–Kier alpha value is -3.83. The van der Waals surface area contributed by atoms with E-state index in [-0.39, 0.29) is 0 Å². The fourth-order valence-corrected chi connectivity index (χ4v) is 4.65. The molecule has 0 radical (unpaired) electrons. The molecule has 0 unspecified atom stereocenters. The number of fused-ring (bicyclic) bond motifs is 2. The van der Waals surface area contributed by atoms with Gasteiger partial charge in [0.2, 0.25) is 0 Å². The molecule has 0 spiro atoms. The Morgan fingerprint density at radius 3 is 1.97 bits per heavy atom. The minimum Gasteiger partial charge on any atom is -0.306 e. The van der Waals surface area contributed by atoms with Crippen LogP contribution >= 0.6 is 15.9 Å². The van der Waals surface area contributed by atoms with Crippen molar-refractivity contribution < 1.29 is 0 Å². The maximum atomic E-state index is 4.20. The molecule has 0 bridgehead atoms. The van der Waals surface area contributed by atoms with Crippen LogP contribution in [0.1, 0.15) is 0 Å². The number of benzene rings is 4. The zero-order valence-electron chi connectivity index (χ0n) is 17.1. The summed E-state index contributed by atoms with van der Waals surface area (Å²) < 4.78 is 3.07. The molecular formula is C27H19BrN4. The van der Waals surface area contributed by atoms with E-state index in [1.165, 1.54) is 0 Å². The van der Waals surface area contributed by atoms with Gasteiger partial charge in [0.05, 0.1) is 29.1 Å². The van der Waals surface area contributed by atoms with Crippen molar-refractivity contribution in [1.29, 1.82) is 0 Å². The molecule has 5 aromatic rings. The number of hydrogen-bond acceptors (Lipinski definition) is 3. The van der Waals surface area contributed by atoms with Gasteiger partial charge in [0.1, 0.15) is 0 Å². The summed E-state index contributed by atoms with van der Waals surface area (Å²) in [4.78, 5) is 8.86. The molecule has 0 atom stereocenters. The van der Waals surface area contributed by atoms with Crippen molar-refractivity contribution in [2.45, 2.75) is 0 Å². The molecule has 6 rings (SSSR count). The number of imidazole rings is 1. The Bertz CT molecular complexity index is 1400. The second-order valence-electron chi connectivity index (χ2n) is 7.62.